The van der Waals surface area contributed by atoms with E-state index in [1.807, 2.05) is 0 Å². The molecular formula is C13H14ClNO3. The van der Waals surface area contributed by atoms with Crippen LogP contribution in [0.4, 0.5) is 5.69 Å². The highest BCUT2D eigenvalue weighted by molar-refractivity contribution is 6.32. The van der Waals surface area contributed by atoms with Crippen LogP contribution in [0.2, 0.25) is 5.02 Å². The van der Waals surface area contributed by atoms with Crippen molar-refractivity contribution in [3.8, 4) is 5.75 Å². The quantitative estimate of drug-likeness (QED) is 0.784. The maximum Gasteiger partial charge on any atom is 0.223 e. The van der Waals surface area contributed by atoms with E-state index in [0.29, 0.717) is 35.0 Å². The number of Topliss-reactive ketones (excluding diaryl/α,β-unsaturated/α-hetero) is 1. The summed E-state index contributed by atoms with van der Waals surface area (Å²) in [7, 11) is 1.54. The van der Waals surface area contributed by atoms with Crippen LogP contribution in [-0.2, 0) is 16.0 Å². The van der Waals surface area contributed by atoms with Gasteiger partial charge in [0.1, 0.15) is 11.5 Å². The normalized spacial score (nSPS) is 15.1. The predicted molar refractivity (Wildman–Crippen MR) is 69.4 cm³/mol. The van der Waals surface area contributed by atoms with Gasteiger partial charge in [-0.2, -0.15) is 0 Å². The number of ketones is 1. The molecule has 2 rings (SSSR count). The van der Waals surface area contributed by atoms with Crippen molar-refractivity contribution in [3.63, 3.8) is 0 Å². The molecule has 1 amide bonds. The summed E-state index contributed by atoms with van der Waals surface area (Å²) in [5.74, 6) is 0.529. The van der Waals surface area contributed by atoms with E-state index in [1.165, 1.54) is 14.0 Å². The van der Waals surface area contributed by atoms with Gasteiger partial charge in [0.25, 0.3) is 0 Å². The molecule has 0 radical (unpaired) electrons. The topological polar surface area (TPSA) is 46.6 Å². The van der Waals surface area contributed by atoms with E-state index >= 15 is 0 Å². The molecule has 18 heavy (non-hydrogen) atoms. The largest absolute Gasteiger partial charge is 0.495 e. The molecule has 5 heteroatoms. The standard InChI is InChI=1S/C13H14ClNO3/c1-8(16)15-6-5-9(17)7-10-11(14)3-4-12(18-2)13(10)15/h3-4H,5-7H2,1-2H3. The second-order valence-electron chi connectivity index (χ2n) is 4.21. The third kappa shape index (κ3) is 2.20. The second-order valence-corrected chi connectivity index (χ2v) is 4.62. The fourth-order valence-corrected chi connectivity index (χ4v) is 2.39. The number of rotatable bonds is 1. The van der Waals surface area contributed by atoms with Gasteiger partial charge in [-0.15, -0.1) is 0 Å². The average molecular weight is 268 g/mol. The molecule has 0 bridgehead atoms. The number of ether oxygens (including phenoxy) is 1. The Labute approximate surface area is 110 Å². The molecule has 1 aliphatic rings. The first kappa shape index (κ1) is 12.9. The van der Waals surface area contributed by atoms with Crippen LogP contribution < -0.4 is 9.64 Å². The molecule has 0 aliphatic carbocycles. The number of amides is 1. The van der Waals surface area contributed by atoms with Crippen molar-refractivity contribution in [1.82, 2.24) is 0 Å². The molecule has 0 atom stereocenters. The van der Waals surface area contributed by atoms with Crippen molar-refractivity contribution >= 4 is 29.0 Å². The van der Waals surface area contributed by atoms with Crippen LogP contribution in [0.15, 0.2) is 12.1 Å². The highest BCUT2D eigenvalue weighted by atomic mass is 35.5. The number of carbonyl (C=O) groups excluding carboxylic acids is 2. The number of methoxy groups -OCH3 is 1. The van der Waals surface area contributed by atoms with Crippen LogP contribution in [0.25, 0.3) is 0 Å². The van der Waals surface area contributed by atoms with Crippen molar-refractivity contribution < 1.29 is 14.3 Å². The lowest BCUT2D eigenvalue weighted by Gasteiger charge is -2.23. The zero-order valence-corrected chi connectivity index (χ0v) is 11.1. The predicted octanol–water partition coefficient (Wildman–Crippen LogP) is 2.22. The van der Waals surface area contributed by atoms with E-state index in [-0.39, 0.29) is 18.1 Å². The van der Waals surface area contributed by atoms with Crippen molar-refractivity contribution in [2.75, 3.05) is 18.6 Å². The van der Waals surface area contributed by atoms with E-state index in [9.17, 15) is 9.59 Å². The summed E-state index contributed by atoms with van der Waals surface area (Å²) in [5, 5.41) is 0.493. The first-order chi connectivity index (χ1) is 8.54. The van der Waals surface area contributed by atoms with Gasteiger partial charge in [-0.1, -0.05) is 11.6 Å². The second kappa shape index (κ2) is 4.98. The number of anilines is 1. The Hall–Kier alpha value is -1.55. The maximum absolute atomic E-state index is 11.7. The highest BCUT2D eigenvalue weighted by Gasteiger charge is 2.27. The number of carbonyl (C=O) groups is 2. The molecule has 0 aromatic heterocycles. The molecule has 4 nitrogen and oxygen atoms in total. The van der Waals surface area contributed by atoms with Crippen LogP contribution in [0.1, 0.15) is 18.9 Å². The summed E-state index contributed by atoms with van der Waals surface area (Å²) in [6.45, 7) is 1.85. The van der Waals surface area contributed by atoms with Crippen LogP contribution in [0.3, 0.4) is 0 Å². The monoisotopic (exact) mass is 267 g/mol. The summed E-state index contributed by atoms with van der Waals surface area (Å²) < 4.78 is 5.27. The highest BCUT2D eigenvalue weighted by Crippen LogP contribution is 2.39. The zero-order valence-electron chi connectivity index (χ0n) is 10.3. The number of fused-ring (bicyclic) bond motifs is 1. The fourth-order valence-electron chi connectivity index (χ4n) is 2.17. The third-order valence-electron chi connectivity index (χ3n) is 3.05. The van der Waals surface area contributed by atoms with Gasteiger partial charge in [0.05, 0.1) is 12.8 Å². The minimum absolute atomic E-state index is 0.0788. The number of halogens is 1. The summed E-state index contributed by atoms with van der Waals surface area (Å²) in [4.78, 5) is 25.0. The molecule has 1 aromatic rings. The minimum Gasteiger partial charge on any atom is -0.495 e. The lowest BCUT2D eigenvalue weighted by Crippen LogP contribution is -2.30. The van der Waals surface area contributed by atoms with Gasteiger partial charge in [0, 0.05) is 36.9 Å². The number of nitrogens with zero attached hydrogens (tertiary/aromatic N) is 1. The van der Waals surface area contributed by atoms with Crippen LogP contribution >= 0.6 is 11.6 Å². The summed E-state index contributed by atoms with van der Waals surface area (Å²) in [6.07, 6.45) is 0.586. The van der Waals surface area contributed by atoms with E-state index in [4.69, 9.17) is 16.3 Å². The van der Waals surface area contributed by atoms with Crippen molar-refractivity contribution in [1.29, 1.82) is 0 Å². The van der Waals surface area contributed by atoms with Gasteiger partial charge < -0.3 is 9.64 Å². The molecule has 0 saturated heterocycles. The van der Waals surface area contributed by atoms with E-state index in [1.54, 1.807) is 17.0 Å². The Morgan fingerprint density at radius 3 is 2.78 bits per heavy atom. The Morgan fingerprint density at radius 2 is 2.17 bits per heavy atom. The number of hydrogen-bond donors (Lipinski definition) is 0. The van der Waals surface area contributed by atoms with Gasteiger partial charge in [0.2, 0.25) is 5.91 Å². The van der Waals surface area contributed by atoms with Gasteiger partial charge in [-0.3, -0.25) is 9.59 Å². The van der Waals surface area contributed by atoms with Crippen LogP contribution in [0.5, 0.6) is 5.75 Å². The van der Waals surface area contributed by atoms with Crippen LogP contribution in [0, 0.1) is 0 Å². The Balaban J connectivity index is 2.66. The summed E-state index contributed by atoms with van der Waals surface area (Å²) >= 11 is 6.13. The maximum atomic E-state index is 11.7. The zero-order chi connectivity index (χ0) is 13.3. The smallest absolute Gasteiger partial charge is 0.223 e. The van der Waals surface area contributed by atoms with Crippen molar-refractivity contribution in [3.05, 3.63) is 22.7 Å². The van der Waals surface area contributed by atoms with Gasteiger partial charge >= 0.3 is 0 Å². The fraction of sp³-hybridized carbons (Fsp3) is 0.385. The molecule has 1 aromatic carbocycles. The number of hydrogen-bond acceptors (Lipinski definition) is 3. The molecule has 1 heterocycles. The molecule has 0 spiro atoms. The Kier molecular flexibility index (Phi) is 3.57. The van der Waals surface area contributed by atoms with Crippen molar-refractivity contribution in [2.24, 2.45) is 0 Å². The molecule has 0 N–H and O–H groups in total. The average Bonchev–Trinajstić information content (AvgIpc) is 2.50. The van der Waals surface area contributed by atoms with Gasteiger partial charge in [-0.05, 0) is 12.1 Å². The first-order valence-electron chi connectivity index (χ1n) is 5.69. The van der Waals surface area contributed by atoms with Crippen LogP contribution in [-0.4, -0.2) is 25.3 Å². The Morgan fingerprint density at radius 1 is 1.44 bits per heavy atom. The first-order valence-corrected chi connectivity index (χ1v) is 6.07. The molecule has 1 aliphatic heterocycles. The van der Waals surface area contributed by atoms with E-state index in [0.717, 1.165) is 0 Å². The lowest BCUT2D eigenvalue weighted by atomic mass is 10.1. The van der Waals surface area contributed by atoms with E-state index in [2.05, 4.69) is 0 Å². The molecule has 0 unspecified atom stereocenters. The SMILES string of the molecule is COc1ccc(Cl)c2c1N(C(C)=O)CCC(=O)C2. The van der Waals surface area contributed by atoms with E-state index < -0.39 is 0 Å². The molecule has 96 valence electrons. The van der Waals surface area contributed by atoms with Crippen molar-refractivity contribution in [2.45, 2.75) is 19.8 Å². The Bertz CT molecular complexity index is 513. The molecule has 0 saturated carbocycles. The molecule has 0 fully saturated rings. The number of benzene rings is 1. The van der Waals surface area contributed by atoms with Gasteiger partial charge in [0.15, 0.2) is 0 Å². The summed E-state index contributed by atoms with van der Waals surface area (Å²) in [5.41, 5.74) is 1.30. The lowest BCUT2D eigenvalue weighted by molar-refractivity contribution is -0.118. The summed E-state index contributed by atoms with van der Waals surface area (Å²) in [6, 6.07) is 3.41. The van der Waals surface area contributed by atoms with Gasteiger partial charge in [-0.25, -0.2) is 0 Å². The molecular weight excluding hydrogens is 254 g/mol. The third-order valence-corrected chi connectivity index (χ3v) is 3.40. The minimum atomic E-state index is -0.119.